The van der Waals surface area contributed by atoms with Crippen LogP contribution in [0.3, 0.4) is 0 Å². The topological polar surface area (TPSA) is 26.0 Å². The highest BCUT2D eigenvalue weighted by molar-refractivity contribution is 5.80. The van der Waals surface area contributed by atoms with Gasteiger partial charge in [0.2, 0.25) is 0 Å². The standard InChI is InChI=1S/C17H23NO/c1-11-4-5-12(2)9-15(8-11)14-6-7-17-16(10-14)13(3)18-19-17/h6-7,10-12,15H,4-5,8-9H2,1-3H3. The Bertz CT molecular complexity index is 560. The van der Waals surface area contributed by atoms with Crippen molar-refractivity contribution in [1.82, 2.24) is 5.16 Å². The highest BCUT2D eigenvalue weighted by Gasteiger charge is 2.23. The van der Waals surface area contributed by atoms with Crippen LogP contribution < -0.4 is 0 Å². The summed E-state index contributed by atoms with van der Waals surface area (Å²) in [4.78, 5) is 0. The van der Waals surface area contributed by atoms with E-state index in [9.17, 15) is 0 Å². The van der Waals surface area contributed by atoms with Crippen molar-refractivity contribution in [3.8, 4) is 0 Å². The van der Waals surface area contributed by atoms with Crippen molar-refractivity contribution >= 4 is 11.0 Å². The molecule has 102 valence electrons. The molecule has 1 aromatic heterocycles. The van der Waals surface area contributed by atoms with Crippen molar-refractivity contribution in [3.63, 3.8) is 0 Å². The smallest absolute Gasteiger partial charge is 0.167 e. The highest BCUT2D eigenvalue weighted by atomic mass is 16.5. The van der Waals surface area contributed by atoms with E-state index in [1.54, 1.807) is 0 Å². The number of hydrogen-bond donors (Lipinski definition) is 0. The van der Waals surface area contributed by atoms with Gasteiger partial charge in [-0.2, -0.15) is 0 Å². The first-order chi connectivity index (χ1) is 9.13. The molecule has 0 aliphatic heterocycles. The number of benzene rings is 1. The second-order valence-electron chi connectivity index (χ2n) is 6.48. The van der Waals surface area contributed by atoms with Gasteiger partial charge >= 0.3 is 0 Å². The van der Waals surface area contributed by atoms with Crippen molar-refractivity contribution < 1.29 is 4.52 Å². The third-order valence-electron chi connectivity index (χ3n) is 4.67. The van der Waals surface area contributed by atoms with Gasteiger partial charge in [-0.25, -0.2) is 0 Å². The SMILES string of the molecule is Cc1noc2ccc(C3CC(C)CCC(C)C3)cc12. The maximum atomic E-state index is 5.31. The molecule has 0 spiro atoms. The summed E-state index contributed by atoms with van der Waals surface area (Å²) in [7, 11) is 0. The molecule has 1 aromatic carbocycles. The zero-order valence-corrected chi connectivity index (χ0v) is 12.1. The minimum atomic E-state index is 0.700. The monoisotopic (exact) mass is 257 g/mol. The van der Waals surface area contributed by atoms with Crippen LogP contribution in [-0.2, 0) is 0 Å². The Hall–Kier alpha value is -1.31. The molecule has 0 radical (unpaired) electrons. The Morgan fingerprint density at radius 2 is 1.79 bits per heavy atom. The van der Waals surface area contributed by atoms with Gasteiger partial charge in [0, 0.05) is 5.39 Å². The van der Waals surface area contributed by atoms with Crippen molar-refractivity contribution in [1.29, 1.82) is 0 Å². The fraction of sp³-hybridized carbons (Fsp3) is 0.588. The second-order valence-corrected chi connectivity index (χ2v) is 6.48. The Kier molecular flexibility index (Phi) is 3.34. The maximum absolute atomic E-state index is 5.31. The summed E-state index contributed by atoms with van der Waals surface area (Å²) in [6.45, 7) is 6.82. The third-order valence-corrected chi connectivity index (χ3v) is 4.67. The maximum Gasteiger partial charge on any atom is 0.167 e. The van der Waals surface area contributed by atoms with E-state index in [4.69, 9.17) is 4.52 Å². The van der Waals surface area contributed by atoms with Crippen molar-refractivity contribution in [3.05, 3.63) is 29.5 Å². The van der Waals surface area contributed by atoms with Crippen molar-refractivity contribution in [2.75, 3.05) is 0 Å². The van der Waals surface area contributed by atoms with Gasteiger partial charge in [0.15, 0.2) is 5.58 Å². The molecule has 1 saturated carbocycles. The van der Waals surface area contributed by atoms with E-state index < -0.39 is 0 Å². The van der Waals surface area contributed by atoms with Gasteiger partial charge in [-0.3, -0.25) is 0 Å². The van der Waals surface area contributed by atoms with Crippen LogP contribution in [0.4, 0.5) is 0 Å². The lowest BCUT2D eigenvalue weighted by molar-refractivity contribution is 0.450. The van der Waals surface area contributed by atoms with Crippen LogP contribution in [0.15, 0.2) is 22.7 Å². The molecule has 2 atom stereocenters. The van der Waals surface area contributed by atoms with Crippen LogP contribution in [0, 0.1) is 18.8 Å². The van der Waals surface area contributed by atoms with E-state index in [1.807, 2.05) is 6.92 Å². The van der Waals surface area contributed by atoms with E-state index in [2.05, 4.69) is 37.2 Å². The van der Waals surface area contributed by atoms with Gasteiger partial charge in [0.1, 0.15) is 0 Å². The lowest BCUT2D eigenvalue weighted by Crippen LogP contribution is -2.04. The van der Waals surface area contributed by atoms with Crippen LogP contribution in [0.1, 0.15) is 56.7 Å². The molecule has 1 fully saturated rings. The number of hydrogen-bond acceptors (Lipinski definition) is 2. The predicted molar refractivity (Wildman–Crippen MR) is 78.3 cm³/mol. The fourth-order valence-electron chi connectivity index (χ4n) is 3.48. The highest BCUT2D eigenvalue weighted by Crippen LogP contribution is 2.38. The number of aromatic nitrogens is 1. The molecule has 2 heteroatoms. The Balaban J connectivity index is 1.95. The van der Waals surface area contributed by atoms with Crippen LogP contribution >= 0.6 is 0 Å². The van der Waals surface area contributed by atoms with E-state index >= 15 is 0 Å². The van der Waals surface area contributed by atoms with Crippen LogP contribution in [0.25, 0.3) is 11.0 Å². The molecule has 0 N–H and O–H groups in total. The van der Waals surface area contributed by atoms with Gasteiger partial charge in [-0.15, -0.1) is 0 Å². The molecule has 19 heavy (non-hydrogen) atoms. The van der Waals surface area contributed by atoms with E-state index in [0.717, 1.165) is 23.1 Å². The predicted octanol–water partition coefficient (Wildman–Crippen LogP) is 5.07. The Labute approximate surface area is 115 Å². The summed E-state index contributed by atoms with van der Waals surface area (Å²) in [5, 5.41) is 5.24. The number of fused-ring (bicyclic) bond motifs is 1. The minimum Gasteiger partial charge on any atom is -0.356 e. The van der Waals surface area contributed by atoms with Crippen LogP contribution in [0.5, 0.6) is 0 Å². The molecule has 0 bridgehead atoms. The summed E-state index contributed by atoms with van der Waals surface area (Å²) in [6.07, 6.45) is 5.40. The van der Waals surface area contributed by atoms with Crippen LogP contribution in [0.2, 0.25) is 0 Å². The number of aryl methyl sites for hydroxylation is 1. The first kappa shape index (κ1) is 12.7. The van der Waals surface area contributed by atoms with E-state index in [0.29, 0.717) is 5.92 Å². The second kappa shape index (κ2) is 4.99. The van der Waals surface area contributed by atoms with Crippen molar-refractivity contribution in [2.45, 2.75) is 52.4 Å². The lowest BCUT2D eigenvalue weighted by atomic mass is 9.86. The van der Waals surface area contributed by atoms with Gasteiger partial charge in [0.25, 0.3) is 0 Å². The summed E-state index contributed by atoms with van der Waals surface area (Å²) in [5.74, 6) is 2.38. The first-order valence-electron chi connectivity index (χ1n) is 7.49. The molecule has 0 amide bonds. The van der Waals surface area contributed by atoms with Crippen molar-refractivity contribution in [2.24, 2.45) is 11.8 Å². The Morgan fingerprint density at radius 1 is 1.11 bits per heavy atom. The quantitative estimate of drug-likeness (QED) is 0.667. The minimum absolute atomic E-state index is 0.700. The van der Waals surface area contributed by atoms with Gasteiger partial charge in [-0.05, 0) is 55.2 Å². The average molecular weight is 257 g/mol. The summed E-state index contributed by atoms with van der Waals surface area (Å²) >= 11 is 0. The zero-order valence-electron chi connectivity index (χ0n) is 12.1. The van der Waals surface area contributed by atoms with E-state index in [-0.39, 0.29) is 0 Å². The normalized spacial score (nSPS) is 28.5. The van der Waals surface area contributed by atoms with E-state index in [1.165, 1.54) is 36.6 Å². The number of rotatable bonds is 1. The third kappa shape index (κ3) is 2.54. The summed E-state index contributed by atoms with van der Waals surface area (Å²) < 4.78 is 5.31. The lowest BCUT2D eigenvalue weighted by Gasteiger charge is -2.19. The average Bonchev–Trinajstić information content (AvgIpc) is 2.67. The molecule has 2 nitrogen and oxygen atoms in total. The molecular weight excluding hydrogens is 234 g/mol. The molecule has 0 saturated heterocycles. The molecule has 1 aliphatic carbocycles. The molecular formula is C17H23NO. The Morgan fingerprint density at radius 3 is 2.47 bits per heavy atom. The molecule has 2 aromatic rings. The van der Waals surface area contributed by atoms with Gasteiger partial charge in [0.05, 0.1) is 5.69 Å². The molecule has 3 rings (SSSR count). The van der Waals surface area contributed by atoms with Gasteiger partial charge < -0.3 is 4.52 Å². The zero-order chi connectivity index (χ0) is 13.4. The summed E-state index contributed by atoms with van der Waals surface area (Å²) in [6, 6.07) is 6.63. The largest absolute Gasteiger partial charge is 0.356 e. The number of nitrogens with zero attached hydrogens (tertiary/aromatic N) is 1. The molecule has 1 aliphatic rings. The molecule has 1 heterocycles. The first-order valence-corrected chi connectivity index (χ1v) is 7.49. The van der Waals surface area contributed by atoms with Gasteiger partial charge in [-0.1, -0.05) is 37.9 Å². The fourth-order valence-corrected chi connectivity index (χ4v) is 3.48. The molecule has 2 unspecified atom stereocenters. The van der Waals surface area contributed by atoms with Crippen LogP contribution in [-0.4, -0.2) is 5.16 Å². The summed E-state index contributed by atoms with van der Waals surface area (Å²) in [5.41, 5.74) is 3.39.